The molecule has 1 saturated carbocycles. The maximum absolute atomic E-state index is 13.7. The number of nitrogens with one attached hydrogen (secondary N) is 1. The Kier molecular flexibility index (Phi) is 6.85. The predicted molar refractivity (Wildman–Crippen MR) is 128 cm³/mol. The van der Waals surface area contributed by atoms with Crippen LogP contribution in [0.3, 0.4) is 0 Å². The number of aliphatic hydroxyl groups excluding tert-OH is 1. The Morgan fingerprint density at radius 1 is 1.33 bits per heavy atom. The van der Waals surface area contributed by atoms with Crippen LogP contribution in [0.25, 0.3) is 0 Å². The number of β-amino-alcohol motifs (C(OH)–C–C–N with tert-alkyl or cyclic N) is 1. The molecule has 2 amide bonds. The van der Waals surface area contributed by atoms with Gasteiger partial charge in [0.25, 0.3) is 0 Å². The van der Waals surface area contributed by atoms with Gasteiger partial charge in [-0.05, 0) is 42.0 Å². The van der Waals surface area contributed by atoms with Gasteiger partial charge in [-0.25, -0.2) is 4.68 Å². The zero-order chi connectivity index (χ0) is 23.9. The van der Waals surface area contributed by atoms with E-state index in [9.17, 15) is 14.7 Å². The Hall–Kier alpha value is -1.97. The van der Waals surface area contributed by atoms with Crippen LogP contribution in [0.15, 0.2) is 28.9 Å². The Morgan fingerprint density at radius 3 is 2.73 bits per heavy atom. The molecule has 0 bridgehead atoms. The molecule has 178 valence electrons. The molecule has 2 fully saturated rings. The SMILES string of the molecule is CC(C)(C)[C@@H](C(=O)N1CC(O)CC1C(=O)NCc1cc(Br)ccc1Cl)n1cc(C2CC2)nn1. The highest BCUT2D eigenvalue weighted by molar-refractivity contribution is 9.10. The largest absolute Gasteiger partial charge is 0.391 e. The number of carbonyl (C=O) groups is 2. The molecule has 10 heteroatoms. The Balaban J connectivity index is 1.52. The standard InChI is InChI=1S/C23H29BrClN5O3/c1-23(2,3)20(30-12-18(27-28-30)13-4-5-13)22(33)29-11-16(31)9-19(29)21(32)26-10-14-8-15(24)6-7-17(14)25/h6-8,12-13,16,19-20,31H,4-5,9-11H2,1-3H3,(H,26,32)/t16?,19?,20-/m1/s1. The molecule has 2 aromatic rings. The Bertz CT molecular complexity index is 1050. The van der Waals surface area contributed by atoms with Crippen molar-refractivity contribution in [1.82, 2.24) is 25.2 Å². The van der Waals surface area contributed by atoms with Crippen LogP contribution in [0.2, 0.25) is 5.02 Å². The first-order chi connectivity index (χ1) is 15.5. The fourth-order valence-corrected chi connectivity index (χ4v) is 4.90. The molecule has 0 spiro atoms. The number of likely N-dealkylation sites (tertiary alicyclic amines) is 1. The second kappa shape index (κ2) is 9.35. The molecule has 4 rings (SSSR count). The van der Waals surface area contributed by atoms with Crippen LogP contribution in [0.4, 0.5) is 0 Å². The van der Waals surface area contributed by atoms with Crippen LogP contribution in [0, 0.1) is 5.41 Å². The summed E-state index contributed by atoms with van der Waals surface area (Å²) >= 11 is 9.64. The van der Waals surface area contributed by atoms with Gasteiger partial charge < -0.3 is 15.3 Å². The summed E-state index contributed by atoms with van der Waals surface area (Å²) in [5.74, 6) is -0.140. The number of nitrogens with zero attached hydrogens (tertiary/aromatic N) is 4. The summed E-state index contributed by atoms with van der Waals surface area (Å²) in [5.41, 5.74) is 1.20. The monoisotopic (exact) mass is 537 g/mol. The number of aliphatic hydroxyl groups is 1. The van der Waals surface area contributed by atoms with E-state index in [1.54, 1.807) is 10.7 Å². The first kappa shape index (κ1) is 24.2. The number of amides is 2. The van der Waals surface area contributed by atoms with E-state index in [0.29, 0.717) is 10.9 Å². The number of hydrogen-bond donors (Lipinski definition) is 2. The number of carbonyl (C=O) groups excluding carboxylic acids is 2. The van der Waals surface area contributed by atoms with Crippen molar-refractivity contribution in [3.8, 4) is 0 Å². The first-order valence-electron chi connectivity index (χ1n) is 11.2. The highest BCUT2D eigenvalue weighted by atomic mass is 79.9. The Labute approximate surface area is 206 Å². The van der Waals surface area contributed by atoms with Crippen LogP contribution >= 0.6 is 27.5 Å². The lowest BCUT2D eigenvalue weighted by Gasteiger charge is -2.34. The van der Waals surface area contributed by atoms with E-state index in [2.05, 4.69) is 31.6 Å². The number of aromatic nitrogens is 3. The van der Waals surface area contributed by atoms with Crippen molar-refractivity contribution in [2.45, 2.75) is 70.7 Å². The number of hydrogen-bond acceptors (Lipinski definition) is 5. The summed E-state index contributed by atoms with van der Waals surface area (Å²) in [6.07, 6.45) is 3.45. The molecular formula is C23H29BrClN5O3. The lowest BCUT2D eigenvalue weighted by atomic mass is 9.85. The van der Waals surface area contributed by atoms with Crippen LogP contribution in [-0.2, 0) is 16.1 Å². The minimum atomic E-state index is -0.769. The van der Waals surface area contributed by atoms with E-state index in [0.717, 1.165) is 28.6 Å². The van der Waals surface area contributed by atoms with Gasteiger partial charge >= 0.3 is 0 Å². The molecule has 2 N–H and O–H groups in total. The van der Waals surface area contributed by atoms with E-state index in [1.807, 2.05) is 39.1 Å². The van der Waals surface area contributed by atoms with Crippen LogP contribution in [-0.4, -0.2) is 55.5 Å². The highest BCUT2D eigenvalue weighted by Gasteiger charge is 2.45. The van der Waals surface area contributed by atoms with E-state index < -0.39 is 23.6 Å². The fraction of sp³-hybridized carbons (Fsp3) is 0.565. The normalized spacial score (nSPS) is 21.8. The third-order valence-corrected chi connectivity index (χ3v) is 7.03. The van der Waals surface area contributed by atoms with Gasteiger partial charge in [-0.1, -0.05) is 53.5 Å². The van der Waals surface area contributed by atoms with Crippen LogP contribution in [0.1, 0.15) is 63.3 Å². The van der Waals surface area contributed by atoms with Gasteiger partial charge in [0.1, 0.15) is 12.1 Å². The topological polar surface area (TPSA) is 100 Å². The van der Waals surface area contributed by atoms with Crippen molar-refractivity contribution in [2.24, 2.45) is 5.41 Å². The molecule has 1 aromatic heterocycles. The van der Waals surface area contributed by atoms with E-state index >= 15 is 0 Å². The molecule has 2 unspecified atom stereocenters. The maximum Gasteiger partial charge on any atom is 0.248 e. The van der Waals surface area contributed by atoms with Crippen molar-refractivity contribution in [2.75, 3.05) is 6.54 Å². The molecule has 1 aromatic carbocycles. The number of halogens is 2. The third-order valence-electron chi connectivity index (χ3n) is 6.17. The van der Waals surface area contributed by atoms with Crippen LogP contribution in [0.5, 0.6) is 0 Å². The second-order valence-corrected chi connectivity index (χ2v) is 11.3. The summed E-state index contributed by atoms with van der Waals surface area (Å²) in [5, 5.41) is 22.3. The van der Waals surface area contributed by atoms with Gasteiger partial charge in [-0.15, -0.1) is 5.10 Å². The second-order valence-electron chi connectivity index (χ2n) is 10.0. The van der Waals surface area contributed by atoms with E-state index in [-0.39, 0.29) is 31.3 Å². The van der Waals surface area contributed by atoms with Crippen molar-refractivity contribution >= 4 is 39.3 Å². The molecule has 2 aliphatic rings. The Morgan fingerprint density at radius 2 is 2.06 bits per heavy atom. The molecule has 0 radical (unpaired) electrons. The molecule has 3 atom stereocenters. The molecule has 1 saturated heterocycles. The van der Waals surface area contributed by atoms with Gasteiger partial charge in [0, 0.05) is 41.1 Å². The third kappa shape index (κ3) is 5.41. The van der Waals surface area contributed by atoms with Crippen molar-refractivity contribution < 1.29 is 14.7 Å². The fourth-order valence-electron chi connectivity index (χ4n) is 4.31. The zero-order valence-electron chi connectivity index (χ0n) is 19.0. The lowest BCUT2D eigenvalue weighted by molar-refractivity contribution is -0.144. The van der Waals surface area contributed by atoms with Crippen molar-refractivity contribution in [3.05, 3.63) is 45.1 Å². The van der Waals surface area contributed by atoms with E-state index in [4.69, 9.17) is 11.6 Å². The minimum Gasteiger partial charge on any atom is -0.391 e. The van der Waals surface area contributed by atoms with Crippen LogP contribution < -0.4 is 5.32 Å². The number of benzene rings is 1. The predicted octanol–water partition coefficient (Wildman–Crippen LogP) is 3.44. The summed E-state index contributed by atoms with van der Waals surface area (Å²) in [6.45, 7) is 6.22. The maximum atomic E-state index is 13.7. The van der Waals surface area contributed by atoms with Gasteiger partial charge in [0.2, 0.25) is 11.8 Å². The summed E-state index contributed by atoms with van der Waals surface area (Å²) in [6, 6.07) is 4.01. The first-order valence-corrected chi connectivity index (χ1v) is 12.3. The lowest BCUT2D eigenvalue weighted by Crippen LogP contribution is -2.50. The summed E-state index contributed by atoms with van der Waals surface area (Å²) in [4.78, 5) is 28.3. The molecule has 2 heterocycles. The molecule has 33 heavy (non-hydrogen) atoms. The average Bonchev–Trinajstić information content (AvgIpc) is 3.35. The molecule has 8 nitrogen and oxygen atoms in total. The number of rotatable bonds is 6. The molecule has 1 aliphatic heterocycles. The van der Waals surface area contributed by atoms with E-state index in [1.165, 1.54) is 4.90 Å². The van der Waals surface area contributed by atoms with Crippen molar-refractivity contribution in [1.29, 1.82) is 0 Å². The highest BCUT2D eigenvalue weighted by Crippen LogP contribution is 2.40. The van der Waals surface area contributed by atoms with Gasteiger partial charge in [-0.2, -0.15) is 0 Å². The van der Waals surface area contributed by atoms with Gasteiger partial charge in [0.15, 0.2) is 0 Å². The van der Waals surface area contributed by atoms with Crippen molar-refractivity contribution in [3.63, 3.8) is 0 Å². The zero-order valence-corrected chi connectivity index (χ0v) is 21.3. The van der Waals surface area contributed by atoms with Gasteiger partial charge in [-0.3, -0.25) is 9.59 Å². The molecule has 1 aliphatic carbocycles. The quantitative estimate of drug-likeness (QED) is 0.587. The van der Waals surface area contributed by atoms with Gasteiger partial charge in [0.05, 0.1) is 11.8 Å². The summed E-state index contributed by atoms with van der Waals surface area (Å²) in [7, 11) is 0. The smallest absolute Gasteiger partial charge is 0.248 e. The molecular weight excluding hydrogens is 510 g/mol. The average molecular weight is 539 g/mol. The summed E-state index contributed by atoms with van der Waals surface area (Å²) < 4.78 is 2.48. The minimum absolute atomic E-state index is 0.103.